The van der Waals surface area contributed by atoms with Gasteiger partial charge in [0.2, 0.25) is 5.91 Å². The lowest BCUT2D eigenvalue weighted by atomic mass is 10.0. The van der Waals surface area contributed by atoms with Crippen LogP contribution in [0, 0.1) is 5.92 Å². The molecule has 1 amide bonds. The highest BCUT2D eigenvalue weighted by Gasteiger charge is 2.21. The van der Waals surface area contributed by atoms with Crippen molar-refractivity contribution < 1.29 is 9.21 Å². The fourth-order valence-corrected chi connectivity index (χ4v) is 2.46. The Bertz CT molecular complexity index is 416. The second-order valence-electron chi connectivity index (χ2n) is 5.60. The molecular formula is C15H26N2O2S. The Kier molecular flexibility index (Phi) is 7.16. The lowest BCUT2D eigenvalue weighted by molar-refractivity contribution is -0.131. The van der Waals surface area contributed by atoms with Crippen molar-refractivity contribution in [1.29, 1.82) is 0 Å². The molecule has 4 nitrogen and oxygen atoms in total. The van der Waals surface area contributed by atoms with E-state index in [1.54, 1.807) is 30.8 Å². The average molecular weight is 298 g/mol. The fourth-order valence-electron chi connectivity index (χ4n) is 2.02. The van der Waals surface area contributed by atoms with Crippen molar-refractivity contribution >= 4 is 17.7 Å². The maximum Gasteiger partial charge on any atom is 0.239 e. The number of nitrogens with zero attached hydrogens (tertiary/aromatic N) is 1. The summed E-state index contributed by atoms with van der Waals surface area (Å²) in [6.45, 7) is 4.84. The van der Waals surface area contributed by atoms with Crippen LogP contribution in [0.2, 0.25) is 0 Å². The van der Waals surface area contributed by atoms with Crippen LogP contribution in [-0.4, -0.2) is 37.2 Å². The summed E-state index contributed by atoms with van der Waals surface area (Å²) in [7, 11) is 3.58. The Balaban J connectivity index is 2.58. The second-order valence-corrected chi connectivity index (χ2v) is 6.46. The molecule has 0 saturated carbocycles. The van der Waals surface area contributed by atoms with Crippen LogP contribution in [0.25, 0.3) is 0 Å². The quantitative estimate of drug-likeness (QED) is 0.801. The van der Waals surface area contributed by atoms with Crippen molar-refractivity contribution in [2.45, 2.75) is 38.6 Å². The molecule has 0 aliphatic heterocycles. The van der Waals surface area contributed by atoms with Gasteiger partial charge < -0.3 is 9.32 Å². The average Bonchev–Trinajstić information content (AvgIpc) is 2.81. The normalized spacial score (nSPS) is 12.7. The highest BCUT2D eigenvalue weighted by atomic mass is 32.2. The standard InChI is InChI=1S/C15H26N2O2S/c1-11(2)8-14(15(18)17(3)4)16-9-12-6-7-13(19-12)10-20-5/h6-7,11,14,16H,8-10H2,1-5H3. The minimum absolute atomic E-state index is 0.120. The lowest BCUT2D eigenvalue weighted by Gasteiger charge is -2.22. The zero-order valence-corrected chi connectivity index (χ0v) is 13.9. The van der Waals surface area contributed by atoms with Crippen molar-refractivity contribution in [1.82, 2.24) is 10.2 Å². The number of hydrogen-bond acceptors (Lipinski definition) is 4. The van der Waals surface area contributed by atoms with Gasteiger partial charge in [0.25, 0.3) is 0 Å². The lowest BCUT2D eigenvalue weighted by Crippen LogP contribution is -2.44. The van der Waals surface area contributed by atoms with Crippen molar-refractivity contribution in [3.05, 3.63) is 23.7 Å². The topological polar surface area (TPSA) is 45.5 Å². The molecule has 0 aliphatic carbocycles. The Morgan fingerprint density at radius 2 is 2.00 bits per heavy atom. The molecule has 0 fully saturated rings. The van der Waals surface area contributed by atoms with Crippen LogP contribution < -0.4 is 5.32 Å². The molecule has 1 rings (SSSR count). The van der Waals surface area contributed by atoms with E-state index >= 15 is 0 Å². The third-order valence-electron chi connectivity index (χ3n) is 2.97. The first-order chi connectivity index (χ1) is 9.43. The summed E-state index contributed by atoms with van der Waals surface area (Å²) in [5.74, 6) is 3.34. The van der Waals surface area contributed by atoms with Crippen LogP contribution in [0.5, 0.6) is 0 Å². The molecule has 1 aromatic rings. The summed E-state index contributed by atoms with van der Waals surface area (Å²) in [5, 5.41) is 3.31. The molecule has 1 unspecified atom stereocenters. The monoisotopic (exact) mass is 298 g/mol. The van der Waals surface area contributed by atoms with Crippen molar-refractivity contribution in [2.24, 2.45) is 5.92 Å². The molecule has 0 bridgehead atoms. The van der Waals surface area contributed by atoms with Crippen LogP contribution in [-0.2, 0) is 17.1 Å². The molecule has 114 valence electrons. The van der Waals surface area contributed by atoms with E-state index < -0.39 is 0 Å². The number of hydrogen-bond donors (Lipinski definition) is 1. The number of thioether (sulfide) groups is 1. The number of nitrogens with one attached hydrogen (secondary N) is 1. The Hall–Kier alpha value is -0.940. The number of amides is 1. The van der Waals surface area contributed by atoms with Crippen LogP contribution in [0.4, 0.5) is 0 Å². The summed E-state index contributed by atoms with van der Waals surface area (Å²) < 4.78 is 5.71. The van der Waals surface area contributed by atoms with Crippen molar-refractivity contribution in [2.75, 3.05) is 20.4 Å². The Morgan fingerprint density at radius 1 is 1.35 bits per heavy atom. The summed E-state index contributed by atoms with van der Waals surface area (Å²) >= 11 is 1.73. The van der Waals surface area contributed by atoms with Crippen molar-refractivity contribution in [3.63, 3.8) is 0 Å². The van der Waals surface area contributed by atoms with Gasteiger partial charge in [-0.3, -0.25) is 10.1 Å². The van der Waals surface area contributed by atoms with Gasteiger partial charge in [-0.25, -0.2) is 0 Å². The third kappa shape index (κ3) is 5.59. The molecule has 1 atom stereocenters. The van der Waals surface area contributed by atoms with Gasteiger partial charge in [0.1, 0.15) is 11.5 Å². The van der Waals surface area contributed by atoms with E-state index in [2.05, 4.69) is 25.4 Å². The zero-order chi connectivity index (χ0) is 15.1. The highest BCUT2D eigenvalue weighted by molar-refractivity contribution is 7.97. The molecule has 1 N–H and O–H groups in total. The van der Waals surface area contributed by atoms with E-state index in [9.17, 15) is 4.79 Å². The molecule has 0 saturated heterocycles. The molecule has 0 aromatic carbocycles. The van der Waals surface area contributed by atoms with E-state index in [1.165, 1.54) is 0 Å². The maximum atomic E-state index is 12.1. The predicted molar refractivity (Wildman–Crippen MR) is 84.7 cm³/mol. The summed E-state index contributed by atoms with van der Waals surface area (Å²) in [6, 6.07) is 3.82. The van der Waals surface area contributed by atoms with Gasteiger partial charge in [0.15, 0.2) is 0 Å². The summed E-state index contributed by atoms with van der Waals surface area (Å²) in [6.07, 6.45) is 2.88. The number of rotatable bonds is 8. The van der Waals surface area contributed by atoms with Crippen LogP contribution in [0.3, 0.4) is 0 Å². The molecule has 20 heavy (non-hydrogen) atoms. The SMILES string of the molecule is CSCc1ccc(CNC(CC(C)C)C(=O)N(C)C)o1. The smallest absolute Gasteiger partial charge is 0.239 e. The largest absolute Gasteiger partial charge is 0.464 e. The highest BCUT2D eigenvalue weighted by Crippen LogP contribution is 2.14. The summed E-state index contributed by atoms with van der Waals surface area (Å²) in [5.41, 5.74) is 0. The first kappa shape index (κ1) is 17.1. The predicted octanol–water partition coefficient (Wildman–Crippen LogP) is 2.74. The molecule has 0 spiro atoms. The minimum atomic E-state index is -0.154. The van der Waals surface area contributed by atoms with Gasteiger partial charge in [0.05, 0.1) is 18.3 Å². The van der Waals surface area contributed by atoms with Gasteiger partial charge in [-0.1, -0.05) is 13.8 Å². The Labute approximate surface area is 126 Å². The van der Waals surface area contributed by atoms with Gasteiger partial charge in [-0.2, -0.15) is 11.8 Å². The van der Waals surface area contributed by atoms with Crippen LogP contribution >= 0.6 is 11.8 Å². The molecule has 0 radical (unpaired) electrons. The molecule has 1 aromatic heterocycles. The number of likely N-dealkylation sites (N-methyl/N-ethyl adjacent to an activating group) is 1. The van der Waals surface area contributed by atoms with E-state index in [0.717, 1.165) is 23.7 Å². The van der Waals surface area contributed by atoms with E-state index in [1.807, 2.05) is 12.1 Å². The second kappa shape index (κ2) is 8.37. The first-order valence-electron chi connectivity index (χ1n) is 6.95. The number of carbonyl (C=O) groups is 1. The maximum absolute atomic E-state index is 12.1. The van der Waals surface area contributed by atoms with Gasteiger partial charge in [-0.05, 0) is 30.7 Å². The number of carbonyl (C=O) groups excluding carboxylic acids is 1. The summed E-state index contributed by atoms with van der Waals surface area (Å²) in [4.78, 5) is 13.8. The minimum Gasteiger partial charge on any atom is -0.464 e. The Morgan fingerprint density at radius 3 is 2.55 bits per heavy atom. The van der Waals surface area contributed by atoms with Gasteiger partial charge in [0, 0.05) is 14.1 Å². The molecule has 5 heteroatoms. The fraction of sp³-hybridized carbons (Fsp3) is 0.667. The molecule has 1 heterocycles. The van der Waals surface area contributed by atoms with Crippen LogP contribution in [0.1, 0.15) is 31.8 Å². The van der Waals surface area contributed by atoms with E-state index in [-0.39, 0.29) is 11.9 Å². The third-order valence-corrected chi connectivity index (χ3v) is 3.55. The van der Waals surface area contributed by atoms with Gasteiger partial charge in [-0.15, -0.1) is 0 Å². The molecule has 0 aliphatic rings. The number of furan rings is 1. The van der Waals surface area contributed by atoms with Crippen LogP contribution in [0.15, 0.2) is 16.5 Å². The van der Waals surface area contributed by atoms with Gasteiger partial charge >= 0.3 is 0 Å². The molecular weight excluding hydrogens is 272 g/mol. The zero-order valence-electron chi connectivity index (χ0n) is 13.1. The van der Waals surface area contributed by atoms with E-state index in [4.69, 9.17) is 4.42 Å². The first-order valence-corrected chi connectivity index (χ1v) is 8.34. The van der Waals surface area contributed by atoms with Crippen molar-refractivity contribution in [3.8, 4) is 0 Å². The van der Waals surface area contributed by atoms with E-state index in [0.29, 0.717) is 12.5 Å².